The van der Waals surface area contributed by atoms with Gasteiger partial charge in [-0.15, -0.1) is 0 Å². The van der Waals surface area contributed by atoms with Crippen LogP contribution in [0.3, 0.4) is 0 Å². The zero-order chi connectivity index (χ0) is 19.2. The number of aromatic nitrogens is 2. The molecule has 1 amide bonds. The van der Waals surface area contributed by atoms with Gasteiger partial charge < -0.3 is 14.8 Å². The molecule has 0 aliphatic heterocycles. The molecule has 1 N–H and O–H groups in total. The minimum Gasteiger partial charge on any atom is -0.497 e. The zero-order valence-corrected chi connectivity index (χ0v) is 15.7. The van der Waals surface area contributed by atoms with Gasteiger partial charge in [-0.25, -0.2) is 0 Å². The Morgan fingerprint density at radius 1 is 1.07 bits per heavy atom. The number of benzene rings is 2. The van der Waals surface area contributed by atoms with Gasteiger partial charge in [0.05, 0.1) is 19.3 Å². The van der Waals surface area contributed by atoms with E-state index < -0.39 is 0 Å². The lowest BCUT2D eigenvalue weighted by Crippen LogP contribution is -2.23. The highest BCUT2D eigenvalue weighted by atomic mass is 16.5. The van der Waals surface area contributed by atoms with E-state index in [-0.39, 0.29) is 5.91 Å². The minimum absolute atomic E-state index is 0.124. The molecule has 0 saturated heterocycles. The monoisotopic (exact) mass is 365 g/mol. The zero-order valence-electron chi connectivity index (χ0n) is 15.7. The Morgan fingerprint density at radius 2 is 1.74 bits per heavy atom. The highest BCUT2D eigenvalue weighted by Gasteiger charge is 2.07. The van der Waals surface area contributed by atoms with Crippen LogP contribution in [0, 0.1) is 6.92 Å². The molecule has 0 saturated carbocycles. The van der Waals surface area contributed by atoms with E-state index in [2.05, 4.69) is 10.4 Å². The number of hydrogen-bond donors (Lipinski definition) is 1. The fourth-order valence-corrected chi connectivity index (χ4v) is 2.59. The molecule has 0 fully saturated rings. The summed E-state index contributed by atoms with van der Waals surface area (Å²) in [5.41, 5.74) is 3.49. The van der Waals surface area contributed by atoms with Crippen molar-refractivity contribution in [3.63, 3.8) is 0 Å². The van der Waals surface area contributed by atoms with Gasteiger partial charge in [0, 0.05) is 18.3 Å². The Kier molecular flexibility index (Phi) is 5.76. The second-order valence-electron chi connectivity index (χ2n) is 6.24. The standard InChI is InChI=1S/C21H23N3O3/c1-15-12-18(23-24(15)2)13-22-21(25)17-6-4-16(5-7-17)14-27-20-10-8-19(26-3)9-11-20/h4-12H,13-14H2,1-3H3,(H,22,25). The van der Waals surface area contributed by atoms with E-state index in [1.54, 1.807) is 23.9 Å². The Labute approximate surface area is 158 Å². The highest BCUT2D eigenvalue weighted by molar-refractivity contribution is 5.94. The number of methoxy groups -OCH3 is 1. The van der Waals surface area contributed by atoms with E-state index in [0.717, 1.165) is 28.5 Å². The molecule has 0 spiro atoms. The predicted molar refractivity (Wildman–Crippen MR) is 103 cm³/mol. The van der Waals surface area contributed by atoms with Crippen molar-refractivity contribution in [1.29, 1.82) is 0 Å². The molecule has 3 aromatic rings. The fourth-order valence-electron chi connectivity index (χ4n) is 2.59. The maximum absolute atomic E-state index is 12.3. The smallest absolute Gasteiger partial charge is 0.251 e. The summed E-state index contributed by atoms with van der Waals surface area (Å²) >= 11 is 0. The van der Waals surface area contributed by atoms with Crippen LogP contribution in [-0.4, -0.2) is 22.8 Å². The number of nitrogens with zero attached hydrogens (tertiary/aromatic N) is 2. The average molecular weight is 365 g/mol. The first kappa shape index (κ1) is 18.5. The van der Waals surface area contributed by atoms with E-state index in [9.17, 15) is 4.79 Å². The number of amides is 1. The fraction of sp³-hybridized carbons (Fsp3) is 0.238. The van der Waals surface area contributed by atoms with Gasteiger partial charge in [0.25, 0.3) is 5.91 Å². The molecule has 2 aromatic carbocycles. The molecule has 1 heterocycles. The second-order valence-corrected chi connectivity index (χ2v) is 6.24. The lowest BCUT2D eigenvalue weighted by Gasteiger charge is -2.08. The largest absolute Gasteiger partial charge is 0.497 e. The van der Waals surface area contributed by atoms with Gasteiger partial charge in [-0.1, -0.05) is 12.1 Å². The number of hydrogen-bond acceptors (Lipinski definition) is 4. The first-order valence-corrected chi connectivity index (χ1v) is 8.68. The summed E-state index contributed by atoms with van der Waals surface area (Å²) in [5.74, 6) is 1.43. The topological polar surface area (TPSA) is 65.4 Å². The number of ether oxygens (including phenoxy) is 2. The molecule has 0 radical (unpaired) electrons. The van der Waals surface area contributed by atoms with E-state index in [0.29, 0.717) is 18.7 Å². The van der Waals surface area contributed by atoms with Crippen LogP contribution >= 0.6 is 0 Å². The predicted octanol–water partition coefficient (Wildman–Crippen LogP) is 3.25. The van der Waals surface area contributed by atoms with Crippen LogP contribution in [0.1, 0.15) is 27.3 Å². The molecule has 6 nitrogen and oxygen atoms in total. The Hall–Kier alpha value is -3.28. The lowest BCUT2D eigenvalue weighted by atomic mass is 10.1. The normalized spacial score (nSPS) is 10.5. The Bertz CT molecular complexity index is 880. The summed E-state index contributed by atoms with van der Waals surface area (Å²) in [4.78, 5) is 12.3. The highest BCUT2D eigenvalue weighted by Crippen LogP contribution is 2.18. The third-order valence-electron chi connectivity index (χ3n) is 4.28. The number of carbonyl (C=O) groups excluding carboxylic acids is 1. The number of carbonyl (C=O) groups is 1. The maximum Gasteiger partial charge on any atom is 0.251 e. The van der Waals surface area contributed by atoms with E-state index in [1.165, 1.54) is 0 Å². The Balaban J connectivity index is 1.51. The van der Waals surface area contributed by atoms with E-state index in [4.69, 9.17) is 9.47 Å². The lowest BCUT2D eigenvalue weighted by molar-refractivity contribution is 0.0950. The van der Waals surface area contributed by atoms with Crippen molar-refractivity contribution >= 4 is 5.91 Å². The third kappa shape index (κ3) is 4.88. The first-order chi connectivity index (χ1) is 13.0. The van der Waals surface area contributed by atoms with Crippen molar-refractivity contribution in [2.45, 2.75) is 20.1 Å². The second kappa shape index (κ2) is 8.40. The molecular formula is C21H23N3O3. The summed E-state index contributed by atoms with van der Waals surface area (Å²) in [6, 6.07) is 16.8. The number of rotatable bonds is 7. The average Bonchev–Trinajstić information content (AvgIpc) is 3.03. The minimum atomic E-state index is -0.124. The Morgan fingerprint density at radius 3 is 2.33 bits per heavy atom. The van der Waals surface area contributed by atoms with Gasteiger partial charge in [0.15, 0.2) is 0 Å². The third-order valence-corrected chi connectivity index (χ3v) is 4.28. The van der Waals surface area contributed by atoms with E-state index in [1.807, 2.05) is 56.4 Å². The van der Waals surface area contributed by atoms with Gasteiger partial charge in [-0.2, -0.15) is 5.10 Å². The molecule has 27 heavy (non-hydrogen) atoms. The molecule has 1 aromatic heterocycles. The van der Waals surface area contributed by atoms with Crippen LogP contribution in [0.15, 0.2) is 54.6 Å². The number of aryl methyl sites for hydroxylation is 2. The van der Waals surface area contributed by atoms with Crippen LogP contribution in [-0.2, 0) is 20.2 Å². The summed E-state index contributed by atoms with van der Waals surface area (Å²) in [6.45, 7) is 2.81. The van der Waals surface area contributed by atoms with Crippen LogP contribution in [0.25, 0.3) is 0 Å². The molecule has 0 aliphatic carbocycles. The van der Waals surface area contributed by atoms with Crippen molar-refractivity contribution in [3.8, 4) is 11.5 Å². The van der Waals surface area contributed by atoms with Crippen LogP contribution in [0.5, 0.6) is 11.5 Å². The van der Waals surface area contributed by atoms with E-state index >= 15 is 0 Å². The summed E-state index contributed by atoms with van der Waals surface area (Å²) < 4.78 is 12.7. The van der Waals surface area contributed by atoms with Crippen molar-refractivity contribution < 1.29 is 14.3 Å². The molecule has 3 rings (SSSR count). The maximum atomic E-state index is 12.3. The van der Waals surface area contributed by atoms with Crippen molar-refractivity contribution in [2.24, 2.45) is 7.05 Å². The molecular weight excluding hydrogens is 342 g/mol. The van der Waals surface area contributed by atoms with Crippen LogP contribution in [0.2, 0.25) is 0 Å². The SMILES string of the molecule is COc1ccc(OCc2ccc(C(=O)NCc3cc(C)n(C)n3)cc2)cc1. The quantitative estimate of drug-likeness (QED) is 0.698. The summed E-state index contributed by atoms with van der Waals surface area (Å²) in [5, 5.41) is 7.22. The molecule has 0 atom stereocenters. The van der Waals surface area contributed by atoms with Crippen LogP contribution < -0.4 is 14.8 Å². The van der Waals surface area contributed by atoms with Gasteiger partial charge in [-0.05, 0) is 55.0 Å². The molecule has 0 unspecified atom stereocenters. The van der Waals surface area contributed by atoms with Crippen molar-refractivity contribution in [1.82, 2.24) is 15.1 Å². The first-order valence-electron chi connectivity index (χ1n) is 8.68. The van der Waals surface area contributed by atoms with Gasteiger partial charge in [0.1, 0.15) is 18.1 Å². The molecule has 0 aliphatic rings. The molecule has 0 bridgehead atoms. The van der Waals surface area contributed by atoms with Crippen molar-refractivity contribution in [2.75, 3.05) is 7.11 Å². The summed E-state index contributed by atoms with van der Waals surface area (Å²) in [6.07, 6.45) is 0. The summed E-state index contributed by atoms with van der Waals surface area (Å²) in [7, 11) is 3.51. The van der Waals surface area contributed by atoms with Gasteiger partial charge in [0.2, 0.25) is 0 Å². The molecule has 140 valence electrons. The van der Waals surface area contributed by atoms with Crippen molar-refractivity contribution in [3.05, 3.63) is 77.1 Å². The number of nitrogens with one attached hydrogen (secondary N) is 1. The van der Waals surface area contributed by atoms with Gasteiger partial charge in [-0.3, -0.25) is 9.48 Å². The molecule has 6 heteroatoms. The van der Waals surface area contributed by atoms with Gasteiger partial charge >= 0.3 is 0 Å². The van der Waals surface area contributed by atoms with Crippen LogP contribution in [0.4, 0.5) is 0 Å².